The van der Waals surface area contributed by atoms with Gasteiger partial charge in [-0.2, -0.15) is 0 Å². The molecule has 0 saturated heterocycles. The molecular formula is C50H31NS2. The van der Waals surface area contributed by atoms with E-state index in [1.165, 1.54) is 89.8 Å². The molecule has 0 fully saturated rings. The minimum Gasteiger partial charge on any atom is -0.310 e. The van der Waals surface area contributed by atoms with E-state index in [2.05, 4.69) is 193 Å². The standard InChI is InChI=1S/C50H31NS2/c1-3-14-33(15-4-1)37-23-12-24-41-42-25-13-26-43(49(42)53-48(37)41)44-31-45-39-29-28-35(30-47(39)52-50(45)40-22-10-9-21-38(40)44)51(34-18-5-2-6-19-34)46-27-11-17-32-16-7-8-20-36(32)46/h1-31H. The lowest BCUT2D eigenvalue weighted by Gasteiger charge is -2.27. The third-order valence-electron chi connectivity index (χ3n) is 10.6. The van der Waals surface area contributed by atoms with Crippen molar-refractivity contribution >= 4 is 102 Å². The predicted molar refractivity (Wildman–Crippen MR) is 233 cm³/mol. The molecule has 9 aromatic carbocycles. The van der Waals surface area contributed by atoms with Gasteiger partial charge in [0, 0.05) is 68.1 Å². The van der Waals surface area contributed by atoms with Gasteiger partial charge in [-0.05, 0) is 63.9 Å². The summed E-state index contributed by atoms with van der Waals surface area (Å²) in [6.45, 7) is 0. The van der Waals surface area contributed by atoms with Crippen molar-refractivity contribution in [3.8, 4) is 22.3 Å². The molecule has 2 aromatic heterocycles. The fraction of sp³-hybridized carbons (Fsp3) is 0. The minimum atomic E-state index is 1.14. The second-order valence-corrected chi connectivity index (χ2v) is 15.7. The van der Waals surface area contributed by atoms with Gasteiger partial charge < -0.3 is 4.90 Å². The van der Waals surface area contributed by atoms with Crippen molar-refractivity contribution in [3.05, 3.63) is 188 Å². The van der Waals surface area contributed by atoms with E-state index in [1.54, 1.807) is 0 Å². The maximum Gasteiger partial charge on any atom is 0.0540 e. The molecule has 0 aliphatic heterocycles. The van der Waals surface area contributed by atoms with Crippen LogP contribution in [0.25, 0.3) is 84.1 Å². The van der Waals surface area contributed by atoms with Gasteiger partial charge in [0.1, 0.15) is 0 Å². The van der Waals surface area contributed by atoms with Crippen LogP contribution >= 0.6 is 22.7 Å². The second kappa shape index (κ2) is 12.2. The molecular weight excluding hydrogens is 679 g/mol. The highest BCUT2D eigenvalue weighted by molar-refractivity contribution is 7.27. The molecule has 248 valence electrons. The molecule has 53 heavy (non-hydrogen) atoms. The normalized spacial score (nSPS) is 11.8. The van der Waals surface area contributed by atoms with E-state index < -0.39 is 0 Å². The van der Waals surface area contributed by atoms with E-state index >= 15 is 0 Å². The van der Waals surface area contributed by atoms with Crippen LogP contribution in [0.3, 0.4) is 0 Å². The molecule has 0 amide bonds. The Morgan fingerprint density at radius 3 is 1.74 bits per heavy atom. The van der Waals surface area contributed by atoms with Gasteiger partial charge in [0.15, 0.2) is 0 Å². The molecule has 0 atom stereocenters. The van der Waals surface area contributed by atoms with Crippen molar-refractivity contribution in [2.75, 3.05) is 4.90 Å². The van der Waals surface area contributed by atoms with E-state index in [-0.39, 0.29) is 0 Å². The van der Waals surface area contributed by atoms with Crippen LogP contribution in [0.5, 0.6) is 0 Å². The predicted octanol–water partition coefficient (Wildman–Crippen LogP) is 15.5. The first-order valence-corrected chi connectivity index (χ1v) is 19.6. The number of anilines is 3. The fourth-order valence-corrected chi connectivity index (χ4v) is 10.9. The van der Waals surface area contributed by atoms with E-state index in [4.69, 9.17) is 0 Å². The van der Waals surface area contributed by atoms with E-state index in [0.29, 0.717) is 0 Å². The molecule has 0 aliphatic rings. The Morgan fingerprint density at radius 1 is 0.321 bits per heavy atom. The summed E-state index contributed by atoms with van der Waals surface area (Å²) in [6, 6.07) is 68.9. The van der Waals surface area contributed by atoms with Gasteiger partial charge in [-0.1, -0.05) is 152 Å². The summed E-state index contributed by atoms with van der Waals surface area (Å²) >= 11 is 3.83. The molecule has 2 heterocycles. The average Bonchev–Trinajstić information content (AvgIpc) is 3.80. The molecule has 0 N–H and O–H groups in total. The Bertz CT molecular complexity index is 3170. The third kappa shape index (κ3) is 4.82. The number of hydrogen-bond donors (Lipinski definition) is 0. The maximum absolute atomic E-state index is 2.47. The molecule has 0 aliphatic carbocycles. The summed E-state index contributed by atoms with van der Waals surface area (Å²) in [7, 11) is 0. The Morgan fingerprint density at radius 2 is 0.925 bits per heavy atom. The summed E-state index contributed by atoms with van der Waals surface area (Å²) < 4.78 is 5.30. The van der Waals surface area contributed by atoms with Gasteiger partial charge in [0.25, 0.3) is 0 Å². The summed E-state index contributed by atoms with van der Waals surface area (Å²) in [6.07, 6.45) is 0. The number of benzene rings is 9. The highest BCUT2D eigenvalue weighted by Gasteiger charge is 2.20. The highest BCUT2D eigenvalue weighted by atomic mass is 32.1. The van der Waals surface area contributed by atoms with Gasteiger partial charge in [-0.25, -0.2) is 0 Å². The Hall–Kier alpha value is -6.26. The molecule has 0 unspecified atom stereocenters. The van der Waals surface area contributed by atoms with Crippen molar-refractivity contribution in [1.82, 2.24) is 0 Å². The Kier molecular flexibility index (Phi) is 6.97. The van der Waals surface area contributed by atoms with Crippen LogP contribution in [-0.2, 0) is 0 Å². The monoisotopic (exact) mass is 709 g/mol. The summed E-state index contributed by atoms with van der Waals surface area (Å²) in [4.78, 5) is 2.40. The van der Waals surface area contributed by atoms with E-state index in [0.717, 1.165) is 11.4 Å². The lowest BCUT2D eigenvalue weighted by Crippen LogP contribution is -2.10. The van der Waals surface area contributed by atoms with Gasteiger partial charge in [-0.3, -0.25) is 0 Å². The first kappa shape index (κ1) is 30.4. The topological polar surface area (TPSA) is 3.24 Å². The van der Waals surface area contributed by atoms with Crippen LogP contribution < -0.4 is 4.90 Å². The first-order valence-electron chi connectivity index (χ1n) is 18.0. The number of thiophene rings is 2. The number of nitrogens with zero attached hydrogens (tertiary/aromatic N) is 1. The van der Waals surface area contributed by atoms with Crippen LogP contribution in [0.15, 0.2) is 188 Å². The molecule has 1 nitrogen and oxygen atoms in total. The molecule has 0 saturated carbocycles. The summed E-state index contributed by atoms with van der Waals surface area (Å²) in [5.41, 5.74) is 8.61. The molecule has 11 aromatic rings. The van der Waals surface area contributed by atoms with Crippen LogP contribution in [0.1, 0.15) is 0 Å². The summed E-state index contributed by atoms with van der Waals surface area (Å²) in [5, 5.41) is 10.3. The Labute approximate surface area is 315 Å². The van der Waals surface area contributed by atoms with Gasteiger partial charge >= 0.3 is 0 Å². The van der Waals surface area contributed by atoms with E-state index in [1.807, 2.05) is 22.7 Å². The molecule has 0 radical (unpaired) electrons. The number of para-hydroxylation sites is 1. The number of fused-ring (bicyclic) bond motifs is 9. The van der Waals surface area contributed by atoms with Crippen LogP contribution in [0.4, 0.5) is 17.1 Å². The van der Waals surface area contributed by atoms with Gasteiger partial charge in [-0.15, -0.1) is 22.7 Å². The second-order valence-electron chi connectivity index (χ2n) is 13.6. The highest BCUT2D eigenvalue weighted by Crippen LogP contribution is 2.49. The molecule has 11 rings (SSSR count). The molecule has 0 bridgehead atoms. The fourth-order valence-electron chi connectivity index (χ4n) is 8.23. The number of hydrogen-bond acceptors (Lipinski definition) is 3. The average molecular weight is 710 g/mol. The number of rotatable bonds is 5. The van der Waals surface area contributed by atoms with Gasteiger partial charge in [0.05, 0.1) is 5.69 Å². The molecule has 3 heteroatoms. The van der Waals surface area contributed by atoms with Crippen molar-refractivity contribution in [1.29, 1.82) is 0 Å². The zero-order valence-corrected chi connectivity index (χ0v) is 30.3. The lowest BCUT2D eigenvalue weighted by atomic mass is 9.94. The maximum atomic E-state index is 2.47. The van der Waals surface area contributed by atoms with Crippen LogP contribution in [0.2, 0.25) is 0 Å². The SMILES string of the molecule is c1ccc(-c2cccc3c2sc2c(-c4cc5c6ccc(N(c7ccccc7)c7cccc8ccccc78)cc6sc5c5ccccc45)cccc23)cc1. The van der Waals surface area contributed by atoms with Crippen molar-refractivity contribution in [2.45, 2.75) is 0 Å². The van der Waals surface area contributed by atoms with Crippen LogP contribution in [0, 0.1) is 0 Å². The third-order valence-corrected chi connectivity index (χ3v) is 13.1. The minimum absolute atomic E-state index is 1.14. The lowest BCUT2D eigenvalue weighted by molar-refractivity contribution is 1.30. The Balaban J connectivity index is 1.13. The zero-order valence-electron chi connectivity index (χ0n) is 28.7. The smallest absolute Gasteiger partial charge is 0.0540 e. The quantitative estimate of drug-likeness (QED) is 0.172. The van der Waals surface area contributed by atoms with E-state index in [9.17, 15) is 0 Å². The zero-order chi connectivity index (χ0) is 34.9. The largest absolute Gasteiger partial charge is 0.310 e. The van der Waals surface area contributed by atoms with Crippen molar-refractivity contribution in [2.24, 2.45) is 0 Å². The summed E-state index contributed by atoms with van der Waals surface area (Å²) in [5.74, 6) is 0. The van der Waals surface area contributed by atoms with Crippen LogP contribution in [-0.4, -0.2) is 0 Å². The molecule has 0 spiro atoms. The van der Waals surface area contributed by atoms with Gasteiger partial charge in [0.2, 0.25) is 0 Å². The first-order chi connectivity index (χ1) is 26.3. The van der Waals surface area contributed by atoms with Crippen molar-refractivity contribution < 1.29 is 0 Å². The van der Waals surface area contributed by atoms with Crippen molar-refractivity contribution in [3.63, 3.8) is 0 Å².